The number of carbonyl (C=O) groups excluding carboxylic acids is 2. The summed E-state index contributed by atoms with van der Waals surface area (Å²) in [4.78, 5) is 29.4. The highest BCUT2D eigenvalue weighted by Gasteiger charge is 2.19. The molecule has 1 unspecified atom stereocenters. The lowest BCUT2D eigenvalue weighted by molar-refractivity contribution is -0.146. The number of likely N-dealkylation sites (N-methyl/N-ethyl adjacent to an activating group) is 1. The lowest BCUT2D eigenvalue weighted by Gasteiger charge is -2.20. The van der Waals surface area contributed by atoms with Crippen molar-refractivity contribution in [3.63, 3.8) is 0 Å². The van der Waals surface area contributed by atoms with E-state index in [-0.39, 0.29) is 24.3 Å². The van der Waals surface area contributed by atoms with E-state index in [2.05, 4.69) is 9.72 Å². The molecule has 1 aromatic heterocycles. The SMILES string of the molecule is COC(=O)C(C)CN(C)C(=O)Cn1cnc2ccccc21. The molecule has 0 aliphatic rings. The van der Waals surface area contributed by atoms with Crippen LogP contribution in [0.25, 0.3) is 11.0 Å². The molecule has 1 aromatic carbocycles. The third kappa shape index (κ3) is 3.39. The molecule has 1 atom stereocenters. The third-order valence-electron chi connectivity index (χ3n) is 3.41. The predicted molar refractivity (Wildman–Crippen MR) is 78.6 cm³/mol. The topological polar surface area (TPSA) is 64.4 Å². The highest BCUT2D eigenvalue weighted by molar-refractivity contribution is 5.81. The van der Waals surface area contributed by atoms with Crippen LogP contribution in [0.3, 0.4) is 0 Å². The second kappa shape index (κ2) is 6.39. The molecule has 2 aromatic rings. The number of carbonyl (C=O) groups is 2. The van der Waals surface area contributed by atoms with Gasteiger partial charge in [0.25, 0.3) is 0 Å². The summed E-state index contributed by atoms with van der Waals surface area (Å²) in [5, 5.41) is 0. The van der Waals surface area contributed by atoms with Gasteiger partial charge < -0.3 is 14.2 Å². The van der Waals surface area contributed by atoms with Gasteiger partial charge in [0, 0.05) is 13.6 Å². The molecule has 0 aliphatic carbocycles. The molecule has 0 saturated carbocycles. The number of amides is 1. The van der Waals surface area contributed by atoms with Gasteiger partial charge in [0.15, 0.2) is 0 Å². The number of aromatic nitrogens is 2. The zero-order valence-corrected chi connectivity index (χ0v) is 12.4. The van der Waals surface area contributed by atoms with Crippen LogP contribution in [0.15, 0.2) is 30.6 Å². The Kier molecular flexibility index (Phi) is 4.57. The molecular formula is C15H19N3O3. The Balaban J connectivity index is 2.02. The fraction of sp³-hybridized carbons (Fsp3) is 0.400. The molecule has 6 heteroatoms. The Labute approximate surface area is 123 Å². The van der Waals surface area contributed by atoms with Crippen LogP contribution in [0.1, 0.15) is 6.92 Å². The Morgan fingerprint density at radius 3 is 2.81 bits per heavy atom. The number of hydrogen-bond donors (Lipinski definition) is 0. The zero-order chi connectivity index (χ0) is 15.4. The van der Waals surface area contributed by atoms with Crippen LogP contribution >= 0.6 is 0 Å². The minimum Gasteiger partial charge on any atom is -0.469 e. The van der Waals surface area contributed by atoms with Crippen molar-refractivity contribution in [2.24, 2.45) is 5.92 Å². The number of methoxy groups -OCH3 is 1. The molecule has 6 nitrogen and oxygen atoms in total. The standard InChI is InChI=1S/C15H19N3O3/c1-11(15(20)21-3)8-17(2)14(19)9-18-10-16-12-6-4-5-7-13(12)18/h4-7,10-11H,8-9H2,1-3H3. The van der Waals surface area contributed by atoms with Gasteiger partial charge in [-0.25, -0.2) is 4.98 Å². The van der Waals surface area contributed by atoms with Crippen molar-refractivity contribution in [2.45, 2.75) is 13.5 Å². The van der Waals surface area contributed by atoms with E-state index in [0.29, 0.717) is 6.54 Å². The maximum Gasteiger partial charge on any atom is 0.310 e. The Hall–Kier alpha value is -2.37. The summed E-state index contributed by atoms with van der Waals surface area (Å²) >= 11 is 0. The highest BCUT2D eigenvalue weighted by Crippen LogP contribution is 2.12. The van der Waals surface area contributed by atoms with Gasteiger partial charge in [-0.2, -0.15) is 0 Å². The number of benzene rings is 1. The van der Waals surface area contributed by atoms with E-state index >= 15 is 0 Å². The average molecular weight is 289 g/mol. The summed E-state index contributed by atoms with van der Waals surface area (Å²) in [5.74, 6) is -0.736. The molecule has 0 radical (unpaired) electrons. The van der Waals surface area contributed by atoms with E-state index < -0.39 is 0 Å². The quantitative estimate of drug-likeness (QED) is 0.778. The maximum absolute atomic E-state index is 12.2. The molecule has 0 aliphatic heterocycles. The van der Waals surface area contributed by atoms with Gasteiger partial charge in [-0.1, -0.05) is 19.1 Å². The van der Waals surface area contributed by atoms with E-state index in [4.69, 9.17) is 0 Å². The summed E-state index contributed by atoms with van der Waals surface area (Å²) in [7, 11) is 3.03. The normalized spacial score (nSPS) is 12.1. The first kappa shape index (κ1) is 15.0. The van der Waals surface area contributed by atoms with Gasteiger partial charge >= 0.3 is 5.97 Å². The highest BCUT2D eigenvalue weighted by atomic mass is 16.5. The van der Waals surface area contributed by atoms with Crippen molar-refractivity contribution >= 4 is 22.9 Å². The Morgan fingerprint density at radius 2 is 2.10 bits per heavy atom. The van der Waals surface area contributed by atoms with Crippen LogP contribution in [0.2, 0.25) is 0 Å². The molecule has 21 heavy (non-hydrogen) atoms. The van der Waals surface area contributed by atoms with Crippen LogP contribution in [0.5, 0.6) is 0 Å². The summed E-state index contributed by atoms with van der Waals surface area (Å²) in [6.07, 6.45) is 1.65. The number of esters is 1. The molecule has 0 N–H and O–H groups in total. The minimum atomic E-state index is -0.344. The minimum absolute atomic E-state index is 0.0751. The summed E-state index contributed by atoms with van der Waals surface area (Å²) in [6, 6.07) is 7.64. The molecular weight excluding hydrogens is 270 g/mol. The van der Waals surface area contributed by atoms with Crippen molar-refractivity contribution in [2.75, 3.05) is 20.7 Å². The molecule has 1 amide bonds. The molecule has 0 spiro atoms. The van der Waals surface area contributed by atoms with Crippen LogP contribution in [-0.2, 0) is 20.9 Å². The van der Waals surface area contributed by atoms with Crippen molar-refractivity contribution < 1.29 is 14.3 Å². The third-order valence-corrected chi connectivity index (χ3v) is 3.41. The zero-order valence-electron chi connectivity index (χ0n) is 12.4. The first-order valence-electron chi connectivity index (χ1n) is 6.74. The summed E-state index contributed by atoms with van der Waals surface area (Å²) in [5.41, 5.74) is 1.77. The number of imidazole rings is 1. The number of hydrogen-bond acceptors (Lipinski definition) is 4. The van der Waals surface area contributed by atoms with E-state index in [9.17, 15) is 9.59 Å². The lowest BCUT2D eigenvalue weighted by atomic mass is 10.2. The largest absolute Gasteiger partial charge is 0.469 e. The second-order valence-electron chi connectivity index (χ2n) is 5.06. The van der Waals surface area contributed by atoms with Gasteiger partial charge in [0.2, 0.25) is 5.91 Å². The van der Waals surface area contributed by atoms with E-state index in [1.807, 2.05) is 24.3 Å². The van der Waals surface area contributed by atoms with E-state index in [1.54, 1.807) is 24.9 Å². The Morgan fingerprint density at radius 1 is 1.38 bits per heavy atom. The first-order chi connectivity index (χ1) is 10.0. The van der Waals surface area contributed by atoms with Gasteiger partial charge in [0.1, 0.15) is 6.54 Å². The van der Waals surface area contributed by atoms with Gasteiger partial charge in [-0.3, -0.25) is 9.59 Å². The average Bonchev–Trinajstić information content (AvgIpc) is 2.89. The molecule has 1 heterocycles. The number of para-hydroxylation sites is 2. The van der Waals surface area contributed by atoms with Crippen molar-refractivity contribution in [3.05, 3.63) is 30.6 Å². The van der Waals surface area contributed by atoms with Crippen molar-refractivity contribution in [1.82, 2.24) is 14.5 Å². The molecule has 0 fully saturated rings. The van der Waals surface area contributed by atoms with Crippen molar-refractivity contribution in [3.8, 4) is 0 Å². The van der Waals surface area contributed by atoms with Gasteiger partial charge in [0.05, 0.1) is 30.4 Å². The molecule has 2 rings (SSSR count). The lowest BCUT2D eigenvalue weighted by Crippen LogP contribution is -2.36. The van der Waals surface area contributed by atoms with Gasteiger partial charge in [-0.05, 0) is 12.1 Å². The second-order valence-corrected chi connectivity index (χ2v) is 5.06. The van der Waals surface area contributed by atoms with Crippen molar-refractivity contribution in [1.29, 1.82) is 0 Å². The monoisotopic (exact) mass is 289 g/mol. The van der Waals surface area contributed by atoms with Crippen LogP contribution in [0, 0.1) is 5.92 Å². The Bertz CT molecular complexity index is 650. The fourth-order valence-corrected chi connectivity index (χ4v) is 2.19. The predicted octanol–water partition coefficient (Wildman–Crippen LogP) is 1.30. The van der Waals surface area contributed by atoms with Gasteiger partial charge in [-0.15, -0.1) is 0 Å². The number of ether oxygens (including phenoxy) is 1. The fourth-order valence-electron chi connectivity index (χ4n) is 2.19. The number of rotatable bonds is 5. The maximum atomic E-state index is 12.2. The van der Waals surface area contributed by atoms with Crippen LogP contribution in [-0.4, -0.2) is 47.0 Å². The summed E-state index contributed by atoms with van der Waals surface area (Å²) in [6.45, 7) is 2.27. The number of nitrogens with zero attached hydrogens (tertiary/aromatic N) is 3. The number of fused-ring (bicyclic) bond motifs is 1. The molecule has 112 valence electrons. The summed E-state index contributed by atoms with van der Waals surface area (Å²) < 4.78 is 6.47. The smallest absolute Gasteiger partial charge is 0.310 e. The van der Waals surface area contributed by atoms with Crippen LogP contribution < -0.4 is 0 Å². The molecule has 0 saturated heterocycles. The van der Waals surface area contributed by atoms with E-state index in [1.165, 1.54) is 12.0 Å². The van der Waals surface area contributed by atoms with Crippen LogP contribution in [0.4, 0.5) is 0 Å². The molecule has 0 bridgehead atoms. The first-order valence-corrected chi connectivity index (χ1v) is 6.74. The van der Waals surface area contributed by atoms with E-state index in [0.717, 1.165) is 11.0 Å².